The first-order valence-electron chi connectivity index (χ1n) is 14.3. The lowest BCUT2D eigenvalue weighted by atomic mass is 9.86. The zero-order chi connectivity index (χ0) is 27.8. The number of rotatable bonds is 3. The highest BCUT2D eigenvalue weighted by molar-refractivity contribution is 7.97. The summed E-state index contributed by atoms with van der Waals surface area (Å²) in [7, 11) is 0. The largest absolute Gasteiger partial charge is 0.370 e. The quantitative estimate of drug-likeness (QED) is 0.460. The van der Waals surface area contributed by atoms with Gasteiger partial charge in [0, 0.05) is 43.0 Å². The summed E-state index contributed by atoms with van der Waals surface area (Å²) in [6.45, 7) is 13.5. The lowest BCUT2D eigenvalue weighted by molar-refractivity contribution is -0.120. The van der Waals surface area contributed by atoms with E-state index in [0.29, 0.717) is 29.7 Å². The number of carbonyl (C=O) groups excluding carboxylic acids is 2. The van der Waals surface area contributed by atoms with E-state index >= 15 is 0 Å². The fourth-order valence-corrected chi connectivity index (χ4v) is 6.69. The van der Waals surface area contributed by atoms with Crippen LogP contribution in [0.2, 0.25) is 0 Å². The van der Waals surface area contributed by atoms with Crippen molar-refractivity contribution in [3.05, 3.63) is 35.9 Å². The summed E-state index contributed by atoms with van der Waals surface area (Å²) < 4.78 is 2.98. The van der Waals surface area contributed by atoms with E-state index in [1.54, 1.807) is 0 Å². The van der Waals surface area contributed by atoms with Gasteiger partial charge >= 0.3 is 0 Å². The number of fused-ring (bicyclic) bond motifs is 6. The van der Waals surface area contributed by atoms with Crippen LogP contribution >= 0.6 is 11.9 Å². The van der Waals surface area contributed by atoms with Crippen molar-refractivity contribution in [2.24, 2.45) is 17.3 Å². The van der Waals surface area contributed by atoms with Crippen molar-refractivity contribution in [2.45, 2.75) is 83.7 Å². The minimum atomic E-state index is -0.209. The maximum atomic E-state index is 13.5. The highest BCUT2D eigenvalue weighted by Gasteiger charge is 2.41. The summed E-state index contributed by atoms with van der Waals surface area (Å²) >= 11 is 1.21. The summed E-state index contributed by atoms with van der Waals surface area (Å²) in [6.07, 6.45) is 5.92. The van der Waals surface area contributed by atoms with Crippen LogP contribution in [-0.4, -0.2) is 47.0 Å². The molecule has 3 aliphatic heterocycles. The van der Waals surface area contributed by atoms with Crippen LogP contribution in [0.5, 0.6) is 0 Å². The van der Waals surface area contributed by atoms with Crippen LogP contribution in [0.4, 0.5) is 17.5 Å². The summed E-state index contributed by atoms with van der Waals surface area (Å²) in [6, 6.07) is 9.47. The Kier molecular flexibility index (Phi) is 7.82. The second kappa shape index (κ2) is 11.0. The molecule has 3 aliphatic rings. The van der Waals surface area contributed by atoms with E-state index in [1.807, 2.05) is 35.2 Å². The van der Waals surface area contributed by atoms with Crippen LogP contribution in [0.15, 0.2) is 35.4 Å². The highest BCUT2D eigenvalue weighted by Crippen LogP contribution is 2.41. The normalized spacial score (nSPS) is 23.5. The van der Waals surface area contributed by atoms with Crippen LogP contribution < -0.4 is 19.8 Å². The molecular formula is C30H42N6O2S. The molecule has 2 aromatic rings. The molecule has 0 spiro atoms. The topological polar surface area (TPSA) is 90.5 Å². The van der Waals surface area contributed by atoms with Gasteiger partial charge in [0.2, 0.25) is 5.91 Å². The van der Waals surface area contributed by atoms with Gasteiger partial charge in [-0.05, 0) is 88.0 Å². The van der Waals surface area contributed by atoms with Gasteiger partial charge in [-0.25, -0.2) is 9.97 Å². The maximum absolute atomic E-state index is 13.5. The maximum Gasteiger partial charge on any atom is 0.265 e. The van der Waals surface area contributed by atoms with Gasteiger partial charge in [0.15, 0.2) is 0 Å². The van der Waals surface area contributed by atoms with E-state index in [9.17, 15) is 9.59 Å². The van der Waals surface area contributed by atoms with Crippen LogP contribution in [0.25, 0.3) is 0 Å². The molecule has 2 N–H and O–H groups in total. The molecule has 2 fully saturated rings. The standard InChI is InChI=1S/C30H42N6O2S/c1-29(2,3)15-13-21-14-17-35(28(21)38)24-12-11-22-26(33-24)36-19-20(18-30(36,4)5)8-7-16-31-23-9-6-10-25(32-23)39-34-27(22)37/h6,9-12,20-21H,7-8,13-19H2,1-5H3,(H,31,32)(H,34,37)/t20-,21?/m0/s1. The number of amides is 2. The molecule has 0 aromatic carbocycles. The van der Waals surface area contributed by atoms with E-state index in [-0.39, 0.29) is 28.7 Å². The molecular weight excluding hydrogens is 508 g/mol. The fraction of sp³-hybridized carbons (Fsp3) is 0.600. The van der Waals surface area contributed by atoms with Crippen molar-refractivity contribution in [1.82, 2.24) is 14.7 Å². The van der Waals surface area contributed by atoms with Crippen LogP contribution in [0.1, 0.15) is 83.5 Å². The number of anilines is 3. The second-order valence-electron chi connectivity index (χ2n) is 13.1. The molecule has 2 atom stereocenters. The molecule has 39 heavy (non-hydrogen) atoms. The Labute approximate surface area is 236 Å². The lowest BCUT2D eigenvalue weighted by Gasteiger charge is -2.34. The highest BCUT2D eigenvalue weighted by atomic mass is 32.2. The van der Waals surface area contributed by atoms with Crippen molar-refractivity contribution in [3.63, 3.8) is 0 Å². The van der Waals surface area contributed by atoms with E-state index in [1.165, 1.54) is 11.9 Å². The summed E-state index contributed by atoms with van der Waals surface area (Å²) in [5.41, 5.74) is 0.579. The second-order valence-corrected chi connectivity index (χ2v) is 13.9. The monoisotopic (exact) mass is 550 g/mol. The number of carbonyl (C=O) groups is 2. The first kappa shape index (κ1) is 27.7. The summed E-state index contributed by atoms with van der Waals surface area (Å²) in [4.78, 5) is 40.8. The van der Waals surface area contributed by atoms with Crippen LogP contribution in [0, 0.1) is 17.3 Å². The Morgan fingerprint density at radius 1 is 1.10 bits per heavy atom. The molecule has 210 valence electrons. The average Bonchev–Trinajstić information content (AvgIpc) is 3.40. The number of nitrogens with zero attached hydrogens (tertiary/aromatic N) is 4. The SMILES string of the molecule is CC(C)(C)CCC1CCN(c2ccc3c(n2)N2C[C@@H](CCCNc4cccc(n4)SNC3=O)CC2(C)C)C1=O. The zero-order valence-electron chi connectivity index (χ0n) is 23.9. The van der Waals surface area contributed by atoms with E-state index in [4.69, 9.17) is 4.98 Å². The first-order chi connectivity index (χ1) is 18.5. The van der Waals surface area contributed by atoms with Crippen molar-refractivity contribution in [2.75, 3.05) is 34.8 Å². The first-order valence-corrected chi connectivity index (χ1v) is 15.1. The molecule has 5 rings (SSSR count). The van der Waals surface area contributed by atoms with Crippen molar-refractivity contribution in [1.29, 1.82) is 0 Å². The zero-order valence-corrected chi connectivity index (χ0v) is 24.7. The Morgan fingerprint density at radius 3 is 2.72 bits per heavy atom. The van der Waals surface area contributed by atoms with Crippen LogP contribution in [0.3, 0.4) is 0 Å². The third-order valence-corrected chi connectivity index (χ3v) is 8.95. The Morgan fingerprint density at radius 2 is 1.92 bits per heavy atom. The van der Waals surface area contributed by atoms with Gasteiger partial charge < -0.3 is 10.2 Å². The van der Waals surface area contributed by atoms with E-state index < -0.39 is 0 Å². The Balaban J connectivity index is 1.46. The summed E-state index contributed by atoms with van der Waals surface area (Å²) in [5, 5.41) is 4.15. The van der Waals surface area contributed by atoms with Gasteiger partial charge in [-0.1, -0.05) is 26.8 Å². The van der Waals surface area contributed by atoms with Crippen molar-refractivity contribution >= 4 is 41.2 Å². The molecule has 0 radical (unpaired) electrons. The number of nitrogens with one attached hydrogen (secondary N) is 2. The number of hydrogen-bond donors (Lipinski definition) is 2. The third-order valence-electron chi connectivity index (χ3n) is 8.22. The summed E-state index contributed by atoms with van der Waals surface area (Å²) in [5.74, 6) is 2.61. The fourth-order valence-electron chi connectivity index (χ4n) is 6.10. The molecule has 2 amide bonds. The Hall–Kier alpha value is -2.81. The van der Waals surface area contributed by atoms with Crippen molar-refractivity contribution < 1.29 is 9.59 Å². The average molecular weight is 551 g/mol. The van der Waals surface area contributed by atoms with Crippen molar-refractivity contribution in [3.8, 4) is 0 Å². The van der Waals surface area contributed by atoms with E-state index in [0.717, 1.165) is 62.5 Å². The molecule has 2 saturated heterocycles. The molecule has 0 saturated carbocycles. The van der Waals surface area contributed by atoms with Gasteiger partial charge in [-0.3, -0.25) is 19.2 Å². The third kappa shape index (κ3) is 6.34. The molecule has 5 heterocycles. The molecule has 1 unspecified atom stereocenters. The number of aromatic nitrogens is 2. The minimum absolute atomic E-state index is 0.0350. The van der Waals surface area contributed by atoms with Gasteiger partial charge in [0.25, 0.3) is 5.91 Å². The minimum Gasteiger partial charge on any atom is -0.370 e. The van der Waals surface area contributed by atoms with Crippen LogP contribution in [-0.2, 0) is 4.79 Å². The number of pyridine rings is 2. The molecule has 2 aromatic heterocycles. The molecule has 9 heteroatoms. The lowest BCUT2D eigenvalue weighted by Crippen LogP contribution is -2.40. The predicted molar refractivity (Wildman–Crippen MR) is 158 cm³/mol. The molecule has 0 aliphatic carbocycles. The molecule has 4 bridgehead atoms. The smallest absolute Gasteiger partial charge is 0.265 e. The van der Waals surface area contributed by atoms with E-state index in [2.05, 4.69) is 54.5 Å². The van der Waals surface area contributed by atoms with Gasteiger partial charge in [0.05, 0.1) is 5.56 Å². The van der Waals surface area contributed by atoms with Gasteiger partial charge in [-0.15, -0.1) is 0 Å². The predicted octanol–water partition coefficient (Wildman–Crippen LogP) is 5.90. The molecule has 8 nitrogen and oxygen atoms in total. The van der Waals surface area contributed by atoms with Gasteiger partial charge in [-0.2, -0.15) is 0 Å². The Bertz CT molecular complexity index is 1230. The van der Waals surface area contributed by atoms with Gasteiger partial charge in [0.1, 0.15) is 22.5 Å². The number of hydrogen-bond acceptors (Lipinski definition) is 7.